The topological polar surface area (TPSA) is 79.4 Å². The molecule has 27 heavy (non-hydrogen) atoms. The molecule has 1 aliphatic heterocycles. The maximum absolute atomic E-state index is 12.4. The molecular weight excluding hydrogens is 386 g/mol. The molecule has 2 heterocycles. The van der Waals surface area contributed by atoms with E-state index < -0.39 is 5.91 Å². The SMILES string of the molecule is O=C(CN1C(=O)C2CC=CCC2C1=O)Nc1nc(-c2ccccc2Cl)cs1. The van der Waals surface area contributed by atoms with Crippen molar-refractivity contribution in [1.82, 2.24) is 9.88 Å². The lowest BCUT2D eigenvalue weighted by Crippen LogP contribution is -2.38. The molecule has 2 unspecified atom stereocenters. The Morgan fingerprint density at radius 1 is 1.19 bits per heavy atom. The normalized spacial score (nSPS) is 21.4. The molecule has 138 valence electrons. The van der Waals surface area contributed by atoms with Gasteiger partial charge in [-0.1, -0.05) is 42.0 Å². The fourth-order valence-corrected chi connectivity index (χ4v) is 4.41. The van der Waals surface area contributed by atoms with Gasteiger partial charge in [-0.3, -0.25) is 19.3 Å². The van der Waals surface area contributed by atoms with Gasteiger partial charge in [0.2, 0.25) is 17.7 Å². The van der Waals surface area contributed by atoms with Crippen LogP contribution in [-0.4, -0.2) is 34.2 Å². The van der Waals surface area contributed by atoms with Gasteiger partial charge in [0.1, 0.15) is 6.54 Å². The van der Waals surface area contributed by atoms with Crippen molar-refractivity contribution in [2.24, 2.45) is 11.8 Å². The Balaban J connectivity index is 1.43. The Kier molecular flexibility index (Phi) is 4.80. The fourth-order valence-electron chi connectivity index (χ4n) is 3.45. The second-order valence-electron chi connectivity index (χ2n) is 6.48. The van der Waals surface area contributed by atoms with E-state index in [1.54, 1.807) is 11.4 Å². The highest BCUT2D eigenvalue weighted by atomic mass is 35.5. The van der Waals surface area contributed by atoms with E-state index in [4.69, 9.17) is 11.6 Å². The average Bonchev–Trinajstić information content (AvgIpc) is 3.21. The van der Waals surface area contributed by atoms with Crippen LogP contribution in [0.3, 0.4) is 0 Å². The monoisotopic (exact) mass is 401 g/mol. The van der Waals surface area contributed by atoms with Crippen molar-refractivity contribution in [1.29, 1.82) is 0 Å². The summed E-state index contributed by atoms with van der Waals surface area (Å²) in [4.78, 5) is 42.6. The molecule has 1 aromatic heterocycles. The second-order valence-corrected chi connectivity index (χ2v) is 7.75. The molecular formula is C19H16ClN3O3S. The number of amides is 3. The van der Waals surface area contributed by atoms with Crippen LogP contribution in [0.25, 0.3) is 11.3 Å². The maximum atomic E-state index is 12.4. The van der Waals surface area contributed by atoms with Crippen LogP contribution in [-0.2, 0) is 14.4 Å². The first-order valence-corrected chi connectivity index (χ1v) is 9.81. The van der Waals surface area contributed by atoms with Crippen LogP contribution in [0.2, 0.25) is 5.02 Å². The molecule has 3 amide bonds. The van der Waals surface area contributed by atoms with Crippen LogP contribution >= 0.6 is 22.9 Å². The molecule has 0 radical (unpaired) electrons. The minimum Gasteiger partial charge on any atom is -0.300 e. The molecule has 4 rings (SSSR count). The highest BCUT2D eigenvalue weighted by Crippen LogP contribution is 2.35. The van der Waals surface area contributed by atoms with Gasteiger partial charge in [0.25, 0.3) is 0 Å². The van der Waals surface area contributed by atoms with Crippen molar-refractivity contribution in [2.45, 2.75) is 12.8 Å². The van der Waals surface area contributed by atoms with Gasteiger partial charge in [0.15, 0.2) is 5.13 Å². The molecule has 8 heteroatoms. The third-order valence-electron chi connectivity index (χ3n) is 4.80. The van der Waals surface area contributed by atoms with Gasteiger partial charge in [-0.15, -0.1) is 11.3 Å². The number of aromatic nitrogens is 1. The summed E-state index contributed by atoms with van der Waals surface area (Å²) >= 11 is 7.43. The van der Waals surface area contributed by atoms with E-state index in [9.17, 15) is 14.4 Å². The molecule has 0 spiro atoms. The Hall–Kier alpha value is -2.51. The highest BCUT2D eigenvalue weighted by molar-refractivity contribution is 7.14. The fraction of sp³-hybridized carbons (Fsp3) is 0.263. The minimum atomic E-state index is -0.441. The summed E-state index contributed by atoms with van der Waals surface area (Å²) in [7, 11) is 0. The molecule has 0 saturated carbocycles. The third kappa shape index (κ3) is 3.40. The molecule has 1 fully saturated rings. The van der Waals surface area contributed by atoms with E-state index in [0.717, 1.165) is 10.5 Å². The predicted octanol–water partition coefficient (Wildman–Crippen LogP) is 3.35. The number of rotatable bonds is 4. The molecule has 2 aliphatic rings. The smallest absolute Gasteiger partial charge is 0.246 e. The molecule has 1 N–H and O–H groups in total. The predicted molar refractivity (Wildman–Crippen MR) is 103 cm³/mol. The van der Waals surface area contributed by atoms with Crippen molar-refractivity contribution >= 4 is 45.8 Å². The summed E-state index contributed by atoms with van der Waals surface area (Å²) in [6.45, 7) is -0.286. The first-order chi connectivity index (χ1) is 13.0. The van der Waals surface area contributed by atoms with Crippen molar-refractivity contribution in [2.75, 3.05) is 11.9 Å². The highest BCUT2D eigenvalue weighted by Gasteiger charge is 2.47. The van der Waals surface area contributed by atoms with Gasteiger partial charge < -0.3 is 5.32 Å². The van der Waals surface area contributed by atoms with Crippen LogP contribution < -0.4 is 5.32 Å². The number of benzene rings is 1. The summed E-state index contributed by atoms with van der Waals surface area (Å²) < 4.78 is 0. The lowest BCUT2D eigenvalue weighted by molar-refractivity contribution is -0.142. The average molecular weight is 402 g/mol. The van der Waals surface area contributed by atoms with E-state index in [1.807, 2.05) is 30.4 Å². The summed E-state index contributed by atoms with van der Waals surface area (Å²) in [5.74, 6) is -1.63. The molecule has 1 saturated heterocycles. The van der Waals surface area contributed by atoms with E-state index >= 15 is 0 Å². The van der Waals surface area contributed by atoms with E-state index in [0.29, 0.717) is 28.7 Å². The van der Waals surface area contributed by atoms with Crippen molar-refractivity contribution in [3.05, 3.63) is 46.8 Å². The Labute approximate surface area is 164 Å². The van der Waals surface area contributed by atoms with Gasteiger partial charge >= 0.3 is 0 Å². The Morgan fingerprint density at radius 3 is 2.52 bits per heavy atom. The van der Waals surface area contributed by atoms with Crippen LogP contribution in [0.15, 0.2) is 41.8 Å². The zero-order valence-corrected chi connectivity index (χ0v) is 15.8. The van der Waals surface area contributed by atoms with Gasteiger partial charge in [0, 0.05) is 16.0 Å². The van der Waals surface area contributed by atoms with Gasteiger partial charge in [-0.05, 0) is 18.9 Å². The number of anilines is 1. The molecule has 0 bridgehead atoms. The first kappa shape index (κ1) is 17.9. The quantitative estimate of drug-likeness (QED) is 0.629. The number of halogens is 1. The number of imide groups is 1. The third-order valence-corrected chi connectivity index (χ3v) is 5.89. The van der Waals surface area contributed by atoms with Crippen molar-refractivity contribution in [3.63, 3.8) is 0 Å². The Morgan fingerprint density at radius 2 is 1.85 bits per heavy atom. The second kappa shape index (κ2) is 7.25. The van der Waals surface area contributed by atoms with E-state index in [1.165, 1.54) is 11.3 Å². The zero-order chi connectivity index (χ0) is 19.0. The minimum absolute atomic E-state index is 0.264. The number of allylic oxidation sites excluding steroid dienone is 2. The van der Waals surface area contributed by atoms with Crippen LogP contribution in [0.4, 0.5) is 5.13 Å². The summed E-state index contributed by atoms with van der Waals surface area (Å²) in [5, 5.41) is 5.43. The maximum Gasteiger partial charge on any atom is 0.246 e. The lowest BCUT2D eigenvalue weighted by atomic mass is 9.85. The molecule has 1 aromatic carbocycles. The number of hydrogen-bond acceptors (Lipinski definition) is 5. The van der Waals surface area contributed by atoms with Gasteiger partial charge in [-0.2, -0.15) is 0 Å². The number of nitrogens with one attached hydrogen (secondary N) is 1. The molecule has 1 aliphatic carbocycles. The number of fused-ring (bicyclic) bond motifs is 1. The largest absolute Gasteiger partial charge is 0.300 e. The number of nitrogens with zero attached hydrogens (tertiary/aromatic N) is 2. The number of carbonyl (C=O) groups is 3. The lowest BCUT2D eigenvalue weighted by Gasteiger charge is -2.14. The molecule has 6 nitrogen and oxygen atoms in total. The van der Waals surface area contributed by atoms with Crippen LogP contribution in [0.1, 0.15) is 12.8 Å². The van der Waals surface area contributed by atoms with Crippen LogP contribution in [0.5, 0.6) is 0 Å². The number of thiazole rings is 1. The Bertz CT molecular complexity index is 929. The van der Waals surface area contributed by atoms with Gasteiger partial charge in [0.05, 0.1) is 17.5 Å². The van der Waals surface area contributed by atoms with Crippen molar-refractivity contribution in [3.8, 4) is 11.3 Å². The zero-order valence-electron chi connectivity index (χ0n) is 14.2. The van der Waals surface area contributed by atoms with E-state index in [2.05, 4.69) is 10.3 Å². The van der Waals surface area contributed by atoms with Crippen LogP contribution in [0, 0.1) is 11.8 Å². The number of hydrogen-bond donors (Lipinski definition) is 1. The van der Waals surface area contributed by atoms with Crippen molar-refractivity contribution < 1.29 is 14.4 Å². The first-order valence-electron chi connectivity index (χ1n) is 8.55. The number of likely N-dealkylation sites (tertiary alicyclic amines) is 1. The summed E-state index contributed by atoms with van der Waals surface area (Å²) in [6.07, 6.45) is 4.95. The number of carbonyl (C=O) groups excluding carboxylic acids is 3. The standard InChI is InChI=1S/C19H16ClN3O3S/c20-14-8-4-3-7-13(14)15-10-27-19(21-15)22-16(24)9-23-17(25)11-5-1-2-6-12(11)18(23)26/h1-4,7-8,10-12H,5-6,9H2,(H,21,22,24). The summed E-state index contributed by atoms with van der Waals surface area (Å²) in [6, 6.07) is 7.31. The summed E-state index contributed by atoms with van der Waals surface area (Å²) in [5.41, 5.74) is 1.43. The van der Waals surface area contributed by atoms with Gasteiger partial charge in [-0.25, -0.2) is 4.98 Å². The van der Waals surface area contributed by atoms with E-state index in [-0.39, 0.29) is 30.2 Å². The molecule has 2 atom stereocenters. The molecule has 2 aromatic rings.